The van der Waals surface area contributed by atoms with Crippen molar-refractivity contribution in [3.8, 4) is 11.5 Å². The largest absolute Gasteiger partial charge is 0.493 e. The van der Waals surface area contributed by atoms with Crippen LogP contribution in [0.15, 0.2) is 30.6 Å². The molecule has 1 aliphatic rings. The van der Waals surface area contributed by atoms with Crippen LogP contribution in [0, 0.1) is 0 Å². The van der Waals surface area contributed by atoms with E-state index in [0.29, 0.717) is 6.04 Å². The van der Waals surface area contributed by atoms with Crippen molar-refractivity contribution in [3.63, 3.8) is 0 Å². The van der Waals surface area contributed by atoms with Gasteiger partial charge in [0, 0.05) is 32.0 Å². The molecule has 1 aromatic carbocycles. The Hall–Kier alpha value is -2.01. The molecule has 0 atom stereocenters. The van der Waals surface area contributed by atoms with Gasteiger partial charge in [0.05, 0.1) is 20.8 Å². The Labute approximate surface area is 150 Å². The minimum atomic E-state index is 0.624. The first-order valence-electron chi connectivity index (χ1n) is 9.12. The topological polar surface area (TPSA) is 39.5 Å². The van der Waals surface area contributed by atoms with E-state index < -0.39 is 0 Å². The third-order valence-corrected chi connectivity index (χ3v) is 5.19. The van der Waals surface area contributed by atoms with Crippen molar-refractivity contribution in [3.05, 3.63) is 42.0 Å². The Morgan fingerprint density at radius 2 is 1.84 bits per heavy atom. The van der Waals surface area contributed by atoms with E-state index in [1.54, 1.807) is 14.2 Å². The number of aromatic nitrogens is 2. The molecule has 0 bridgehead atoms. The number of aryl methyl sites for hydroxylation is 1. The zero-order valence-electron chi connectivity index (χ0n) is 15.6. The van der Waals surface area contributed by atoms with Crippen LogP contribution in [0.3, 0.4) is 0 Å². The van der Waals surface area contributed by atoms with Gasteiger partial charge in [-0.1, -0.05) is 25.3 Å². The van der Waals surface area contributed by atoms with Gasteiger partial charge in [-0.05, 0) is 30.5 Å². The van der Waals surface area contributed by atoms with Crippen LogP contribution in [0.2, 0.25) is 0 Å². The van der Waals surface area contributed by atoms with Crippen LogP contribution < -0.4 is 9.47 Å². The minimum Gasteiger partial charge on any atom is -0.493 e. The molecule has 0 saturated heterocycles. The second-order valence-electron chi connectivity index (χ2n) is 6.84. The molecule has 5 heteroatoms. The molecule has 0 amide bonds. The van der Waals surface area contributed by atoms with E-state index in [9.17, 15) is 0 Å². The van der Waals surface area contributed by atoms with Gasteiger partial charge in [-0.25, -0.2) is 4.98 Å². The minimum absolute atomic E-state index is 0.624. The molecule has 0 spiro atoms. The van der Waals surface area contributed by atoms with Crippen LogP contribution >= 0.6 is 0 Å². The summed E-state index contributed by atoms with van der Waals surface area (Å²) in [7, 11) is 5.43. The fraction of sp³-hybridized carbons (Fsp3) is 0.550. The Bertz CT molecular complexity index is 677. The van der Waals surface area contributed by atoms with Gasteiger partial charge >= 0.3 is 0 Å². The highest BCUT2D eigenvalue weighted by atomic mass is 16.5. The molecular formula is C20H29N3O2. The quantitative estimate of drug-likeness (QED) is 0.767. The summed E-state index contributed by atoms with van der Waals surface area (Å²) in [6, 6.07) is 6.84. The van der Waals surface area contributed by atoms with E-state index in [1.165, 1.54) is 37.7 Å². The van der Waals surface area contributed by atoms with Crippen molar-refractivity contribution in [1.82, 2.24) is 14.5 Å². The smallest absolute Gasteiger partial charge is 0.161 e. The molecule has 0 aliphatic heterocycles. The molecule has 3 rings (SSSR count). The molecule has 1 heterocycles. The maximum Gasteiger partial charge on any atom is 0.161 e. The SMILES string of the molecule is COc1ccc(CN(Cc2nccn2C)C2CCCCC2)cc1OC. The monoisotopic (exact) mass is 343 g/mol. The normalized spacial score (nSPS) is 15.5. The Kier molecular flexibility index (Phi) is 5.97. The molecule has 1 aliphatic carbocycles. The van der Waals surface area contributed by atoms with Gasteiger partial charge in [0.15, 0.2) is 11.5 Å². The zero-order chi connectivity index (χ0) is 17.6. The maximum absolute atomic E-state index is 5.47. The van der Waals surface area contributed by atoms with Crippen molar-refractivity contribution >= 4 is 0 Å². The molecule has 0 unspecified atom stereocenters. The lowest BCUT2D eigenvalue weighted by molar-refractivity contribution is 0.135. The summed E-state index contributed by atoms with van der Waals surface area (Å²) in [6.45, 7) is 1.78. The summed E-state index contributed by atoms with van der Waals surface area (Å²) in [5, 5.41) is 0. The van der Waals surface area contributed by atoms with Crippen LogP contribution in [0.5, 0.6) is 11.5 Å². The molecule has 1 fully saturated rings. The molecule has 1 saturated carbocycles. The highest BCUT2D eigenvalue weighted by Gasteiger charge is 2.23. The van der Waals surface area contributed by atoms with Crippen LogP contribution in [0.25, 0.3) is 0 Å². The molecule has 5 nitrogen and oxygen atoms in total. The van der Waals surface area contributed by atoms with Gasteiger partial charge in [-0.3, -0.25) is 4.90 Å². The second-order valence-corrected chi connectivity index (χ2v) is 6.84. The number of rotatable bonds is 7. The Balaban J connectivity index is 1.80. The predicted octanol–water partition coefficient (Wildman–Crippen LogP) is 3.77. The average Bonchev–Trinajstić information content (AvgIpc) is 3.06. The van der Waals surface area contributed by atoms with Crippen LogP contribution in [-0.4, -0.2) is 34.7 Å². The number of methoxy groups -OCH3 is 2. The average molecular weight is 343 g/mol. The zero-order valence-corrected chi connectivity index (χ0v) is 15.6. The van der Waals surface area contributed by atoms with Crippen LogP contribution in [0.1, 0.15) is 43.5 Å². The lowest BCUT2D eigenvalue weighted by Crippen LogP contribution is -2.36. The highest BCUT2D eigenvalue weighted by molar-refractivity contribution is 5.42. The third-order valence-electron chi connectivity index (χ3n) is 5.19. The fourth-order valence-corrected chi connectivity index (χ4v) is 3.70. The van der Waals surface area contributed by atoms with E-state index in [0.717, 1.165) is 30.4 Å². The molecule has 0 N–H and O–H groups in total. The van der Waals surface area contributed by atoms with E-state index in [2.05, 4.69) is 33.6 Å². The second kappa shape index (κ2) is 8.39. The lowest BCUT2D eigenvalue weighted by atomic mass is 9.93. The Morgan fingerprint density at radius 1 is 1.08 bits per heavy atom. The standard InChI is InChI=1S/C20H29N3O2/c1-22-12-11-21-20(22)15-23(17-7-5-4-6-8-17)14-16-9-10-18(24-2)19(13-16)25-3/h9-13,17H,4-8,14-15H2,1-3H3. The van der Waals surface area contributed by atoms with Gasteiger partial charge in [-0.2, -0.15) is 0 Å². The van der Waals surface area contributed by atoms with Gasteiger partial charge < -0.3 is 14.0 Å². The van der Waals surface area contributed by atoms with E-state index in [1.807, 2.05) is 18.5 Å². The number of hydrogen-bond acceptors (Lipinski definition) is 4. The van der Waals surface area contributed by atoms with E-state index in [-0.39, 0.29) is 0 Å². The van der Waals surface area contributed by atoms with Crippen molar-refractivity contribution < 1.29 is 9.47 Å². The summed E-state index contributed by atoms with van der Waals surface area (Å²) in [5.74, 6) is 2.69. The van der Waals surface area contributed by atoms with Crippen LogP contribution in [-0.2, 0) is 20.1 Å². The first-order chi connectivity index (χ1) is 12.2. The number of ether oxygens (including phenoxy) is 2. The van der Waals surface area contributed by atoms with E-state index in [4.69, 9.17) is 9.47 Å². The van der Waals surface area contributed by atoms with Gasteiger partial charge in [0.25, 0.3) is 0 Å². The summed E-state index contributed by atoms with van der Waals surface area (Å²) in [4.78, 5) is 7.10. The van der Waals surface area contributed by atoms with E-state index >= 15 is 0 Å². The number of benzene rings is 1. The first-order valence-corrected chi connectivity index (χ1v) is 9.12. The van der Waals surface area contributed by atoms with Crippen molar-refractivity contribution in [2.45, 2.75) is 51.2 Å². The molecule has 0 radical (unpaired) electrons. The summed E-state index contributed by atoms with van der Waals surface area (Å²) in [6.07, 6.45) is 10.5. The number of nitrogens with zero attached hydrogens (tertiary/aromatic N) is 3. The van der Waals surface area contributed by atoms with Gasteiger partial charge in [-0.15, -0.1) is 0 Å². The van der Waals surface area contributed by atoms with Gasteiger partial charge in [0.2, 0.25) is 0 Å². The lowest BCUT2D eigenvalue weighted by Gasteiger charge is -2.34. The van der Waals surface area contributed by atoms with Gasteiger partial charge in [0.1, 0.15) is 5.82 Å². The van der Waals surface area contributed by atoms with Crippen molar-refractivity contribution in [1.29, 1.82) is 0 Å². The van der Waals surface area contributed by atoms with Crippen LogP contribution in [0.4, 0.5) is 0 Å². The highest BCUT2D eigenvalue weighted by Crippen LogP contribution is 2.30. The molecular weight excluding hydrogens is 314 g/mol. The number of hydrogen-bond donors (Lipinski definition) is 0. The fourth-order valence-electron chi connectivity index (χ4n) is 3.70. The molecule has 136 valence electrons. The third kappa shape index (κ3) is 4.34. The van der Waals surface area contributed by atoms with Crippen molar-refractivity contribution in [2.75, 3.05) is 14.2 Å². The Morgan fingerprint density at radius 3 is 2.48 bits per heavy atom. The molecule has 25 heavy (non-hydrogen) atoms. The summed E-state index contributed by atoms with van der Waals surface area (Å²) < 4.78 is 12.9. The number of imidazole rings is 1. The first kappa shape index (κ1) is 17.8. The summed E-state index contributed by atoms with van der Waals surface area (Å²) in [5.41, 5.74) is 1.25. The molecule has 1 aromatic heterocycles. The predicted molar refractivity (Wildman–Crippen MR) is 98.9 cm³/mol. The molecule has 2 aromatic rings. The maximum atomic E-state index is 5.47. The summed E-state index contributed by atoms with van der Waals surface area (Å²) >= 11 is 0. The van der Waals surface area contributed by atoms with Crippen molar-refractivity contribution in [2.24, 2.45) is 7.05 Å².